The molecule has 2 N–H and O–H groups in total. The van der Waals surface area contributed by atoms with Crippen molar-refractivity contribution in [2.75, 3.05) is 0 Å². The Morgan fingerprint density at radius 3 is 1.90 bits per heavy atom. The van der Waals surface area contributed by atoms with Gasteiger partial charge in [0.15, 0.2) is 0 Å². The van der Waals surface area contributed by atoms with Gasteiger partial charge >= 0.3 is 6.18 Å². The van der Waals surface area contributed by atoms with Crippen LogP contribution in [0.3, 0.4) is 0 Å². The third-order valence-electron chi connectivity index (χ3n) is 1.99. The second kappa shape index (κ2) is 1.87. The zero-order chi connectivity index (χ0) is 7.99. The van der Waals surface area contributed by atoms with Crippen molar-refractivity contribution < 1.29 is 13.2 Å². The molecule has 1 saturated carbocycles. The van der Waals surface area contributed by atoms with E-state index in [2.05, 4.69) is 0 Å². The van der Waals surface area contributed by atoms with E-state index in [1.165, 1.54) is 0 Å². The average molecular weight is 153 g/mol. The molecule has 1 fully saturated rings. The van der Waals surface area contributed by atoms with Gasteiger partial charge in [0.1, 0.15) is 5.54 Å². The van der Waals surface area contributed by atoms with Crippen molar-refractivity contribution in [2.24, 2.45) is 11.7 Å². The summed E-state index contributed by atoms with van der Waals surface area (Å²) in [5, 5.41) is 0. The van der Waals surface area contributed by atoms with E-state index in [1.807, 2.05) is 0 Å². The van der Waals surface area contributed by atoms with E-state index in [0.717, 1.165) is 0 Å². The average Bonchev–Trinajstić information content (AvgIpc) is 1.58. The molecule has 1 aliphatic rings. The number of rotatable bonds is 0. The predicted molar refractivity (Wildman–Crippen MR) is 31.4 cm³/mol. The lowest BCUT2D eigenvalue weighted by Gasteiger charge is -2.44. The van der Waals surface area contributed by atoms with E-state index in [-0.39, 0.29) is 18.8 Å². The van der Waals surface area contributed by atoms with Gasteiger partial charge in [-0.2, -0.15) is 13.2 Å². The van der Waals surface area contributed by atoms with Crippen LogP contribution in [0, 0.1) is 5.92 Å². The minimum Gasteiger partial charge on any atom is -0.318 e. The molecule has 1 aliphatic carbocycles. The molecule has 60 valence electrons. The summed E-state index contributed by atoms with van der Waals surface area (Å²) in [4.78, 5) is 0. The molecule has 0 saturated heterocycles. The van der Waals surface area contributed by atoms with Crippen LogP contribution in [-0.4, -0.2) is 11.7 Å². The monoisotopic (exact) mass is 153 g/mol. The molecule has 0 unspecified atom stereocenters. The molecule has 0 bridgehead atoms. The van der Waals surface area contributed by atoms with Gasteiger partial charge in [0, 0.05) is 0 Å². The Morgan fingerprint density at radius 1 is 1.40 bits per heavy atom. The highest BCUT2D eigenvalue weighted by Crippen LogP contribution is 2.46. The summed E-state index contributed by atoms with van der Waals surface area (Å²) >= 11 is 0. The molecule has 1 nitrogen and oxygen atoms in total. The summed E-state index contributed by atoms with van der Waals surface area (Å²) in [6, 6.07) is 0. The molecule has 10 heavy (non-hydrogen) atoms. The van der Waals surface area contributed by atoms with Gasteiger partial charge in [-0.05, 0) is 18.8 Å². The van der Waals surface area contributed by atoms with Gasteiger partial charge in [-0.25, -0.2) is 0 Å². The highest BCUT2D eigenvalue weighted by atomic mass is 19.4. The summed E-state index contributed by atoms with van der Waals surface area (Å²) < 4.78 is 35.8. The van der Waals surface area contributed by atoms with Crippen molar-refractivity contribution in [3.05, 3.63) is 0 Å². The Hall–Kier alpha value is -0.250. The summed E-state index contributed by atoms with van der Waals surface area (Å²) in [7, 11) is 0. The fraction of sp³-hybridized carbons (Fsp3) is 1.00. The van der Waals surface area contributed by atoms with Crippen LogP contribution in [-0.2, 0) is 0 Å². The molecular formula is C6H10F3N. The van der Waals surface area contributed by atoms with Crippen molar-refractivity contribution in [1.29, 1.82) is 0 Å². The normalized spacial score (nSPS) is 41.1. The first kappa shape index (κ1) is 7.85. The lowest BCUT2D eigenvalue weighted by molar-refractivity contribution is -0.216. The summed E-state index contributed by atoms with van der Waals surface area (Å²) in [5.74, 6) is 0.131. The maximum absolute atomic E-state index is 11.9. The zero-order valence-electron chi connectivity index (χ0n) is 5.70. The number of hydrogen-bond acceptors (Lipinski definition) is 1. The van der Waals surface area contributed by atoms with Crippen molar-refractivity contribution in [2.45, 2.75) is 31.5 Å². The van der Waals surface area contributed by atoms with Crippen LogP contribution in [0.4, 0.5) is 13.2 Å². The Labute approximate surface area is 57.4 Å². The molecule has 0 aliphatic heterocycles. The fourth-order valence-electron chi connectivity index (χ4n) is 1.42. The topological polar surface area (TPSA) is 26.0 Å². The van der Waals surface area contributed by atoms with Gasteiger partial charge in [0.2, 0.25) is 0 Å². The van der Waals surface area contributed by atoms with Crippen molar-refractivity contribution in [3.8, 4) is 0 Å². The first-order valence-corrected chi connectivity index (χ1v) is 3.21. The SMILES string of the molecule is CC1CC(N)(C(F)(F)F)C1. The zero-order valence-corrected chi connectivity index (χ0v) is 5.70. The van der Waals surface area contributed by atoms with Crippen LogP contribution >= 0.6 is 0 Å². The van der Waals surface area contributed by atoms with E-state index in [1.54, 1.807) is 6.92 Å². The molecule has 0 aromatic rings. The number of nitrogens with two attached hydrogens (primary N) is 1. The number of hydrogen-bond donors (Lipinski definition) is 1. The third-order valence-corrected chi connectivity index (χ3v) is 1.99. The van der Waals surface area contributed by atoms with E-state index in [9.17, 15) is 13.2 Å². The highest BCUT2D eigenvalue weighted by molar-refractivity contribution is 5.02. The van der Waals surface area contributed by atoms with Gasteiger partial charge in [0.05, 0.1) is 0 Å². The first-order chi connectivity index (χ1) is 4.35. The summed E-state index contributed by atoms with van der Waals surface area (Å²) in [6.45, 7) is 1.77. The second-order valence-electron chi connectivity index (χ2n) is 3.17. The van der Waals surface area contributed by atoms with Gasteiger partial charge in [0.25, 0.3) is 0 Å². The summed E-state index contributed by atoms with van der Waals surface area (Å²) in [5.41, 5.74) is 3.18. The molecule has 0 spiro atoms. The fourth-order valence-corrected chi connectivity index (χ4v) is 1.42. The smallest absolute Gasteiger partial charge is 0.318 e. The third kappa shape index (κ3) is 1.00. The Balaban J connectivity index is 2.57. The van der Waals surface area contributed by atoms with Gasteiger partial charge in [-0.1, -0.05) is 6.92 Å². The van der Waals surface area contributed by atoms with E-state index in [0.29, 0.717) is 0 Å². The number of halogens is 3. The maximum Gasteiger partial charge on any atom is 0.406 e. The highest BCUT2D eigenvalue weighted by Gasteiger charge is 2.58. The molecule has 1 rings (SSSR count). The Morgan fingerprint density at radius 2 is 1.80 bits per heavy atom. The molecule has 0 aromatic heterocycles. The van der Waals surface area contributed by atoms with Gasteiger partial charge in [-0.15, -0.1) is 0 Å². The minimum absolute atomic E-state index is 0.0799. The van der Waals surface area contributed by atoms with Gasteiger partial charge in [-0.3, -0.25) is 0 Å². The van der Waals surface area contributed by atoms with Crippen LogP contribution < -0.4 is 5.73 Å². The summed E-state index contributed by atoms with van der Waals surface area (Å²) in [6.07, 6.45) is -4.05. The van der Waals surface area contributed by atoms with E-state index in [4.69, 9.17) is 5.73 Å². The molecule has 0 atom stereocenters. The van der Waals surface area contributed by atoms with Crippen molar-refractivity contribution >= 4 is 0 Å². The molecule has 0 heterocycles. The standard InChI is InChI=1S/C6H10F3N/c1-4-2-5(10,3-4)6(7,8)9/h4H,2-3,10H2,1H3. The quantitative estimate of drug-likeness (QED) is 0.563. The lowest BCUT2D eigenvalue weighted by Crippen LogP contribution is -2.61. The minimum atomic E-state index is -4.21. The molecule has 4 heteroatoms. The van der Waals surface area contributed by atoms with Crippen LogP contribution in [0.25, 0.3) is 0 Å². The van der Waals surface area contributed by atoms with Gasteiger partial charge < -0.3 is 5.73 Å². The predicted octanol–water partition coefficient (Wildman–Crippen LogP) is 1.68. The first-order valence-electron chi connectivity index (χ1n) is 3.21. The van der Waals surface area contributed by atoms with Crippen LogP contribution in [0.5, 0.6) is 0 Å². The molecule has 0 amide bonds. The van der Waals surface area contributed by atoms with E-state index >= 15 is 0 Å². The Bertz CT molecular complexity index is 134. The maximum atomic E-state index is 11.9. The largest absolute Gasteiger partial charge is 0.406 e. The molecule has 0 aromatic carbocycles. The van der Waals surface area contributed by atoms with Crippen LogP contribution in [0.15, 0.2) is 0 Å². The van der Waals surface area contributed by atoms with Crippen molar-refractivity contribution in [1.82, 2.24) is 0 Å². The molecular weight excluding hydrogens is 143 g/mol. The van der Waals surface area contributed by atoms with Crippen LogP contribution in [0.1, 0.15) is 19.8 Å². The van der Waals surface area contributed by atoms with E-state index < -0.39 is 11.7 Å². The van der Waals surface area contributed by atoms with Crippen LogP contribution in [0.2, 0.25) is 0 Å². The molecule has 0 radical (unpaired) electrons. The number of alkyl halides is 3. The Kier molecular flexibility index (Phi) is 1.47. The second-order valence-corrected chi connectivity index (χ2v) is 3.17. The van der Waals surface area contributed by atoms with Crippen molar-refractivity contribution in [3.63, 3.8) is 0 Å². The lowest BCUT2D eigenvalue weighted by atomic mass is 9.69.